The van der Waals surface area contributed by atoms with Crippen molar-refractivity contribution in [3.8, 4) is 11.5 Å². The van der Waals surface area contributed by atoms with Crippen LogP contribution in [0.4, 0.5) is 11.4 Å². The Morgan fingerprint density at radius 3 is 1.38 bits per heavy atom. The van der Waals surface area contributed by atoms with Gasteiger partial charge >= 0.3 is 0 Å². The smallest absolute Gasteiger partial charge is 0.201 e. The van der Waals surface area contributed by atoms with E-state index in [9.17, 15) is 0 Å². The van der Waals surface area contributed by atoms with Gasteiger partial charge < -0.3 is 9.47 Å². The van der Waals surface area contributed by atoms with Gasteiger partial charge in [-0.05, 0) is 36.8 Å². The fourth-order valence-electron chi connectivity index (χ4n) is 2.22. The van der Waals surface area contributed by atoms with E-state index < -0.39 is 0 Å². The van der Waals surface area contributed by atoms with E-state index in [4.69, 9.17) is 22.6 Å². The van der Waals surface area contributed by atoms with Gasteiger partial charge in [-0.1, -0.05) is 40.5 Å². The largest absolute Gasteiger partial charge is 0.491 e. The zero-order valence-electron chi connectivity index (χ0n) is 15.7. The number of nitrogens with zero attached hydrogens (tertiary/aromatic N) is 2. The molecule has 0 aliphatic heterocycles. The molecule has 0 saturated heterocycles. The Morgan fingerprint density at radius 1 is 0.792 bits per heavy atom. The van der Waals surface area contributed by atoms with Crippen molar-refractivity contribution < 1.29 is 9.47 Å². The van der Waals surface area contributed by atoms with Gasteiger partial charge in [-0.15, -0.1) is 0 Å². The zero-order chi connectivity index (χ0) is 18.3. The van der Waals surface area contributed by atoms with Gasteiger partial charge in [0, 0.05) is 0 Å². The zero-order valence-corrected chi connectivity index (χ0v) is 15.7. The van der Waals surface area contributed by atoms with Gasteiger partial charge in [0.25, 0.3) is 0 Å². The summed E-state index contributed by atoms with van der Waals surface area (Å²) in [6.45, 7) is 28.2. The molecule has 0 aliphatic rings. The van der Waals surface area contributed by atoms with Gasteiger partial charge in [-0.3, -0.25) is 0 Å². The molecule has 2 atom stereocenters. The Morgan fingerprint density at radius 2 is 1.12 bits per heavy atom. The number of rotatable bonds is 8. The van der Waals surface area contributed by atoms with Crippen LogP contribution in [0.3, 0.4) is 0 Å². The van der Waals surface area contributed by atoms with Gasteiger partial charge in [-0.25, -0.2) is 9.69 Å². The van der Waals surface area contributed by atoms with Crippen LogP contribution in [0.15, 0.2) is 0 Å². The molecule has 0 N–H and O–H groups in total. The minimum absolute atomic E-state index is 0.373. The maximum absolute atomic E-state index is 7.43. The first kappa shape index (κ1) is 19.8. The highest BCUT2D eigenvalue weighted by atomic mass is 16.5. The lowest BCUT2D eigenvalue weighted by Crippen LogP contribution is -2.12. The molecular formula is C20H28N2O2. The van der Waals surface area contributed by atoms with Crippen LogP contribution in [0, 0.1) is 38.8 Å². The molecule has 1 aromatic carbocycles. The molecule has 0 unspecified atom stereocenters. The SMILES string of the molecule is [C-]#[N+]c1c(C)c(OC[C@@H](C)CC)c(OC[C@@H](C)CC)c(C)c1[N+]#[C-]. The van der Waals surface area contributed by atoms with Crippen LogP contribution in [0.1, 0.15) is 51.7 Å². The minimum atomic E-state index is 0.373. The average Bonchev–Trinajstić information content (AvgIpc) is 2.59. The summed E-state index contributed by atoms with van der Waals surface area (Å²) in [7, 11) is 0. The monoisotopic (exact) mass is 328 g/mol. The van der Waals surface area contributed by atoms with Crippen molar-refractivity contribution in [3.05, 3.63) is 34.0 Å². The molecule has 0 fully saturated rings. The molecule has 0 radical (unpaired) electrons. The standard InChI is InChI=1S/C20H28N2O2/c1-9-13(3)11-23-19-15(5)17(21-7)18(22-8)16(6)20(19)24-12-14(4)10-2/h13-14H,9-12H2,1-6H3/t13-,14-/m0/s1. The van der Waals surface area contributed by atoms with Crippen LogP contribution in [-0.2, 0) is 0 Å². The summed E-state index contributed by atoms with van der Waals surface area (Å²) in [5.74, 6) is 2.08. The second-order valence-electron chi connectivity index (χ2n) is 6.48. The number of hydrogen-bond donors (Lipinski definition) is 0. The van der Waals surface area contributed by atoms with E-state index in [0.29, 0.717) is 59.1 Å². The molecule has 0 bridgehead atoms. The Bertz CT molecular complexity index is 596. The quantitative estimate of drug-likeness (QED) is 0.527. The molecule has 0 amide bonds. The van der Waals surface area contributed by atoms with E-state index in [2.05, 4.69) is 37.4 Å². The summed E-state index contributed by atoms with van der Waals surface area (Å²) in [5, 5.41) is 0. The lowest BCUT2D eigenvalue weighted by atomic mass is 10.0. The molecule has 0 heterocycles. The summed E-state index contributed by atoms with van der Waals surface area (Å²) >= 11 is 0. The molecule has 0 aliphatic carbocycles. The molecule has 130 valence electrons. The van der Waals surface area contributed by atoms with Crippen molar-refractivity contribution in [2.45, 2.75) is 54.4 Å². The maximum atomic E-state index is 7.43. The molecule has 4 nitrogen and oxygen atoms in total. The predicted molar refractivity (Wildman–Crippen MR) is 98.3 cm³/mol. The minimum Gasteiger partial charge on any atom is -0.491 e. The number of ether oxygens (including phenoxy) is 2. The highest BCUT2D eigenvalue weighted by molar-refractivity contribution is 5.83. The van der Waals surface area contributed by atoms with E-state index in [1.165, 1.54) is 0 Å². The summed E-state index contributed by atoms with van der Waals surface area (Å²) < 4.78 is 12.1. The van der Waals surface area contributed by atoms with Crippen molar-refractivity contribution in [2.24, 2.45) is 11.8 Å². The van der Waals surface area contributed by atoms with Crippen molar-refractivity contribution in [1.29, 1.82) is 0 Å². The Labute approximate surface area is 146 Å². The fourth-order valence-corrected chi connectivity index (χ4v) is 2.22. The number of benzene rings is 1. The fraction of sp³-hybridized carbons (Fsp3) is 0.600. The van der Waals surface area contributed by atoms with Crippen LogP contribution in [0.2, 0.25) is 0 Å². The van der Waals surface area contributed by atoms with Crippen LogP contribution in [-0.4, -0.2) is 13.2 Å². The van der Waals surface area contributed by atoms with Crippen molar-refractivity contribution >= 4 is 11.4 Å². The highest BCUT2D eigenvalue weighted by Crippen LogP contribution is 2.48. The van der Waals surface area contributed by atoms with E-state index in [0.717, 1.165) is 12.8 Å². The lowest BCUT2D eigenvalue weighted by molar-refractivity contribution is 0.216. The second kappa shape index (κ2) is 9.18. The third-order valence-corrected chi connectivity index (χ3v) is 4.46. The van der Waals surface area contributed by atoms with E-state index in [-0.39, 0.29) is 0 Å². The third-order valence-electron chi connectivity index (χ3n) is 4.46. The molecule has 0 spiro atoms. The first-order chi connectivity index (χ1) is 11.4. The lowest BCUT2D eigenvalue weighted by Gasteiger charge is -2.22. The summed E-state index contributed by atoms with van der Waals surface area (Å²) in [5.41, 5.74) is 2.14. The first-order valence-electron chi connectivity index (χ1n) is 8.58. The maximum Gasteiger partial charge on any atom is 0.201 e. The topological polar surface area (TPSA) is 27.2 Å². The van der Waals surface area contributed by atoms with Gasteiger partial charge in [0.2, 0.25) is 11.4 Å². The average molecular weight is 328 g/mol. The van der Waals surface area contributed by atoms with Gasteiger partial charge in [0.1, 0.15) is 0 Å². The van der Waals surface area contributed by atoms with Crippen molar-refractivity contribution in [2.75, 3.05) is 13.2 Å². The summed E-state index contributed by atoms with van der Waals surface area (Å²) in [4.78, 5) is 7.13. The molecule has 1 rings (SSSR count). The molecule has 0 aromatic heterocycles. The summed E-state index contributed by atoms with van der Waals surface area (Å²) in [6.07, 6.45) is 2.05. The van der Waals surface area contributed by atoms with Crippen molar-refractivity contribution in [3.63, 3.8) is 0 Å². The Balaban J connectivity index is 3.37. The Hall–Kier alpha value is -2.20. The van der Waals surface area contributed by atoms with Crippen molar-refractivity contribution in [1.82, 2.24) is 0 Å². The van der Waals surface area contributed by atoms with E-state index in [1.807, 2.05) is 13.8 Å². The van der Waals surface area contributed by atoms with Gasteiger partial charge in [0.05, 0.1) is 26.4 Å². The van der Waals surface area contributed by atoms with Crippen LogP contribution in [0.25, 0.3) is 9.69 Å². The van der Waals surface area contributed by atoms with Crippen LogP contribution < -0.4 is 9.47 Å². The predicted octanol–water partition coefficient (Wildman–Crippen LogP) is 6.25. The van der Waals surface area contributed by atoms with Crippen LogP contribution in [0.5, 0.6) is 11.5 Å². The molecular weight excluding hydrogens is 300 g/mol. The molecule has 1 aromatic rings. The number of hydrogen-bond acceptors (Lipinski definition) is 2. The Kier molecular flexibility index (Phi) is 7.59. The molecule has 4 heteroatoms. The molecule has 24 heavy (non-hydrogen) atoms. The van der Waals surface area contributed by atoms with Gasteiger partial charge in [0.15, 0.2) is 11.5 Å². The van der Waals surface area contributed by atoms with E-state index in [1.54, 1.807) is 0 Å². The third kappa shape index (κ3) is 4.42. The summed E-state index contributed by atoms with van der Waals surface area (Å²) in [6, 6.07) is 0. The van der Waals surface area contributed by atoms with E-state index >= 15 is 0 Å². The van der Waals surface area contributed by atoms with Crippen LogP contribution >= 0.6 is 0 Å². The van der Waals surface area contributed by atoms with Gasteiger partial charge in [-0.2, -0.15) is 0 Å². The molecule has 0 saturated carbocycles. The normalized spacial score (nSPS) is 12.8. The second-order valence-corrected chi connectivity index (χ2v) is 6.48. The highest BCUT2D eigenvalue weighted by Gasteiger charge is 2.23. The first-order valence-corrected chi connectivity index (χ1v) is 8.58.